The van der Waals surface area contributed by atoms with Gasteiger partial charge in [0.1, 0.15) is 0 Å². The Balaban J connectivity index is 2.99. The average Bonchev–Trinajstić information content (AvgIpc) is 2.43. The van der Waals surface area contributed by atoms with Crippen LogP contribution in [-0.2, 0) is 0 Å². The summed E-state index contributed by atoms with van der Waals surface area (Å²) < 4.78 is 0. The topological polar surface area (TPSA) is 20.2 Å². The molecule has 112 valence electrons. The molecule has 0 saturated heterocycles. The lowest BCUT2D eigenvalue weighted by Gasteiger charge is -2.02. The van der Waals surface area contributed by atoms with Crippen LogP contribution in [-0.4, -0.2) is 5.11 Å². The summed E-state index contributed by atoms with van der Waals surface area (Å²) >= 11 is 0. The number of allylic oxidation sites excluding steroid dienone is 3. The van der Waals surface area contributed by atoms with Crippen LogP contribution >= 0.6 is 0 Å². The van der Waals surface area contributed by atoms with Crippen molar-refractivity contribution in [1.29, 1.82) is 0 Å². The van der Waals surface area contributed by atoms with Crippen molar-refractivity contribution in [3.63, 3.8) is 0 Å². The van der Waals surface area contributed by atoms with Gasteiger partial charge in [-0.15, -0.1) is 0 Å². The molecule has 0 fully saturated rings. The minimum absolute atomic E-state index is 1.08. The predicted molar refractivity (Wildman–Crippen MR) is 86.6 cm³/mol. The fourth-order valence-corrected chi connectivity index (χ4v) is 2.33. The second-order valence-corrected chi connectivity index (χ2v) is 5.45. The molecule has 0 rings (SSSR count). The van der Waals surface area contributed by atoms with Crippen molar-refractivity contribution in [2.24, 2.45) is 0 Å². The summed E-state index contributed by atoms with van der Waals surface area (Å²) in [6.07, 6.45) is 24.8. The Hall–Kier alpha value is -0.720. The Kier molecular flexibility index (Phi) is 16.6. The molecule has 0 aliphatic carbocycles. The van der Waals surface area contributed by atoms with Crippen LogP contribution < -0.4 is 0 Å². The van der Waals surface area contributed by atoms with Gasteiger partial charge in [-0.1, -0.05) is 89.7 Å². The average molecular weight is 266 g/mol. The summed E-state index contributed by atoms with van der Waals surface area (Å²) in [4.78, 5) is 0. The van der Waals surface area contributed by atoms with E-state index in [1.807, 2.05) is 6.08 Å². The zero-order valence-electron chi connectivity index (χ0n) is 12.9. The molecule has 0 spiro atoms. The maximum Gasteiger partial charge on any atom is 0.0791 e. The molecule has 0 aromatic heterocycles. The highest BCUT2D eigenvalue weighted by atomic mass is 16.2. The lowest BCUT2D eigenvalue weighted by Crippen LogP contribution is -1.82. The minimum atomic E-state index is 1.08. The fourth-order valence-electron chi connectivity index (χ4n) is 2.33. The number of hydrogen-bond donors (Lipinski definition) is 1. The standard InChI is InChI=1S/C18H34O/c1-2-3-4-5-6-7-8-9-10-11-12-13-14-15-16-17-18-19/h15-19H,2-14H2,1H3/b16-15+,18-17-. The molecule has 0 amide bonds. The Labute approximate surface area is 120 Å². The number of aliphatic hydroxyl groups is 1. The normalized spacial score (nSPS) is 11.8. The van der Waals surface area contributed by atoms with E-state index in [-0.39, 0.29) is 0 Å². The second-order valence-electron chi connectivity index (χ2n) is 5.45. The fraction of sp³-hybridized carbons (Fsp3) is 0.778. The largest absolute Gasteiger partial charge is 0.516 e. The van der Waals surface area contributed by atoms with Crippen LogP contribution in [0.3, 0.4) is 0 Å². The SMILES string of the molecule is CCCCCCCCCCCCCC/C=C/C=C\O. The highest BCUT2D eigenvalue weighted by molar-refractivity contribution is 4.98. The summed E-state index contributed by atoms with van der Waals surface area (Å²) in [5, 5.41) is 8.44. The Morgan fingerprint density at radius 3 is 1.58 bits per heavy atom. The molecule has 0 aliphatic heterocycles. The zero-order valence-corrected chi connectivity index (χ0v) is 12.9. The third kappa shape index (κ3) is 17.3. The van der Waals surface area contributed by atoms with E-state index in [1.54, 1.807) is 6.08 Å². The van der Waals surface area contributed by atoms with Crippen LogP contribution in [0, 0.1) is 0 Å². The number of hydrogen-bond acceptors (Lipinski definition) is 1. The van der Waals surface area contributed by atoms with Crippen LogP contribution in [0.1, 0.15) is 90.4 Å². The summed E-state index contributed by atoms with van der Waals surface area (Å²) in [7, 11) is 0. The van der Waals surface area contributed by atoms with Gasteiger partial charge in [-0.05, 0) is 18.9 Å². The molecule has 0 aromatic carbocycles. The molecule has 0 heterocycles. The van der Waals surface area contributed by atoms with Crippen molar-refractivity contribution in [2.45, 2.75) is 90.4 Å². The van der Waals surface area contributed by atoms with E-state index in [0.717, 1.165) is 12.7 Å². The Bertz CT molecular complexity index is 206. The van der Waals surface area contributed by atoms with Gasteiger partial charge in [-0.3, -0.25) is 0 Å². The van der Waals surface area contributed by atoms with Gasteiger partial charge in [0, 0.05) is 0 Å². The molecular weight excluding hydrogens is 232 g/mol. The molecular formula is C18H34O. The van der Waals surface area contributed by atoms with E-state index in [2.05, 4.69) is 13.0 Å². The molecule has 0 bridgehead atoms. The molecule has 1 nitrogen and oxygen atoms in total. The number of rotatable bonds is 14. The Morgan fingerprint density at radius 2 is 1.11 bits per heavy atom. The third-order valence-electron chi connectivity index (χ3n) is 3.56. The summed E-state index contributed by atoms with van der Waals surface area (Å²) in [5.41, 5.74) is 0. The summed E-state index contributed by atoms with van der Waals surface area (Å²) in [5.74, 6) is 0. The molecule has 1 N–H and O–H groups in total. The van der Waals surface area contributed by atoms with Crippen LogP contribution in [0.2, 0.25) is 0 Å². The molecule has 0 unspecified atom stereocenters. The van der Waals surface area contributed by atoms with Crippen molar-refractivity contribution < 1.29 is 5.11 Å². The molecule has 19 heavy (non-hydrogen) atoms. The summed E-state index contributed by atoms with van der Waals surface area (Å²) in [6, 6.07) is 0. The van der Waals surface area contributed by atoms with Crippen LogP contribution in [0.15, 0.2) is 24.5 Å². The van der Waals surface area contributed by atoms with Gasteiger partial charge in [0.15, 0.2) is 0 Å². The molecule has 0 atom stereocenters. The van der Waals surface area contributed by atoms with Crippen molar-refractivity contribution in [3.8, 4) is 0 Å². The van der Waals surface area contributed by atoms with E-state index >= 15 is 0 Å². The van der Waals surface area contributed by atoms with Crippen molar-refractivity contribution in [1.82, 2.24) is 0 Å². The minimum Gasteiger partial charge on any atom is -0.516 e. The van der Waals surface area contributed by atoms with Crippen LogP contribution in [0.5, 0.6) is 0 Å². The second kappa shape index (κ2) is 17.3. The van der Waals surface area contributed by atoms with Gasteiger partial charge in [-0.2, -0.15) is 0 Å². The predicted octanol–water partition coefficient (Wildman–Crippen LogP) is 6.71. The lowest BCUT2D eigenvalue weighted by molar-refractivity contribution is 0.473. The van der Waals surface area contributed by atoms with Crippen molar-refractivity contribution in [3.05, 3.63) is 24.5 Å². The van der Waals surface area contributed by atoms with Crippen molar-refractivity contribution in [2.75, 3.05) is 0 Å². The maximum atomic E-state index is 8.44. The Morgan fingerprint density at radius 1 is 0.632 bits per heavy atom. The molecule has 0 aliphatic rings. The van der Waals surface area contributed by atoms with E-state index in [4.69, 9.17) is 5.11 Å². The van der Waals surface area contributed by atoms with Gasteiger partial charge in [0.25, 0.3) is 0 Å². The number of aliphatic hydroxyl groups excluding tert-OH is 1. The first-order valence-corrected chi connectivity index (χ1v) is 8.37. The van der Waals surface area contributed by atoms with Crippen LogP contribution in [0.4, 0.5) is 0 Å². The first-order chi connectivity index (χ1) is 9.41. The smallest absolute Gasteiger partial charge is 0.0791 e. The van der Waals surface area contributed by atoms with Gasteiger partial charge in [0.05, 0.1) is 6.26 Å². The van der Waals surface area contributed by atoms with E-state index < -0.39 is 0 Å². The van der Waals surface area contributed by atoms with Gasteiger partial charge in [-0.25, -0.2) is 0 Å². The van der Waals surface area contributed by atoms with E-state index in [1.165, 1.54) is 77.0 Å². The van der Waals surface area contributed by atoms with E-state index in [9.17, 15) is 0 Å². The van der Waals surface area contributed by atoms with Gasteiger partial charge in [0.2, 0.25) is 0 Å². The number of unbranched alkanes of at least 4 members (excludes halogenated alkanes) is 12. The first-order valence-electron chi connectivity index (χ1n) is 8.37. The third-order valence-corrected chi connectivity index (χ3v) is 3.56. The quantitative estimate of drug-likeness (QED) is 0.210. The van der Waals surface area contributed by atoms with Gasteiger partial charge >= 0.3 is 0 Å². The van der Waals surface area contributed by atoms with Crippen LogP contribution in [0.25, 0.3) is 0 Å². The molecule has 0 radical (unpaired) electrons. The van der Waals surface area contributed by atoms with Crippen molar-refractivity contribution >= 4 is 0 Å². The monoisotopic (exact) mass is 266 g/mol. The van der Waals surface area contributed by atoms with Gasteiger partial charge < -0.3 is 5.11 Å². The molecule has 0 saturated carbocycles. The molecule has 0 aromatic rings. The lowest BCUT2D eigenvalue weighted by atomic mass is 10.0. The highest BCUT2D eigenvalue weighted by Crippen LogP contribution is 2.12. The summed E-state index contributed by atoms with van der Waals surface area (Å²) in [6.45, 7) is 2.28. The first kappa shape index (κ1) is 18.3. The highest BCUT2D eigenvalue weighted by Gasteiger charge is 1.92. The zero-order chi connectivity index (χ0) is 14.0. The maximum absolute atomic E-state index is 8.44. The van der Waals surface area contributed by atoms with E-state index in [0.29, 0.717) is 0 Å². The molecule has 1 heteroatoms.